The first kappa shape index (κ1) is 16.3. The van der Waals surface area contributed by atoms with E-state index in [1.165, 1.54) is 6.07 Å². The van der Waals surface area contributed by atoms with Crippen LogP contribution in [-0.2, 0) is 0 Å². The second kappa shape index (κ2) is 7.12. The molecule has 112 valence electrons. The molecule has 0 atom stereocenters. The number of carbonyl (C=O) groups is 2. The van der Waals surface area contributed by atoms with E-state index in [0.29, 0.717) is 12.5 Å². The van der Waals surface area contributed by atoms with Gasteiger partial charge in [-0.1, -0.05) is 27.7 Å². The molecule has 0 fully saturated rings. The van der Waals surface area contributed by atoms with Gasteiger partial charge in [-0.05, 0) is 18.8 Å². The van der Waals surface area contributed by atoms with Gasteiger partial charge in [0.2, 0.25) is 0 Å². The average molecular weight is 281 g/mol. The molecule has 1 aromatic rings. The van der Waals surface area contributed by atoms with E-state index in [4.69, 9.17) is 9.52 Å². The Bertz CT molecular complexity index is 460. The number of furan rings is 1. The van der Waals surface area contributed by atoms with Crippen LogP contribution < -0.4 is 0 Å². The van der Waals surface area contributed by atoms with Gasteiger partial charge in [0.25, 0.3) is 5.91 Å². The van der Waals surface area contributed by atoms with Crippen LogP contribution in [0.4, 0.5) is 0 Å². The second-order valence-electron chi connectivity index (χ2n) is 5.33. The molecule has 0 radical (unpaired) electrons. The van der Waals surface area contributed by atoms with E-state index in [1.807, 2.05) is 27.7 Å². The maximum Gasteiger partial charge on any atom is 0.338 e. The molecular weight excluding hydrogens is 258 g/mol. The van der Waals surface area contributed by atoms with Crippen molar-refractivity contribution in [3.8, 4) is 0 Å². The molecule has 0 aliphatic heterocycles. The number of carboxylic acid groups (broad SMARTS) is 1. The molecule has 0 aliphatic carbocycles. The third-order valence-electron chi connectivity index (χ3n) is 3.26. The van der Waals surface area contributed by atoms with Crippen LogP contribution in [0, 0.1) is 5.92 Å². The van der Waals surface area contributed by atoms with Crippen LogP contribution in [-0.4, -0.2) is 34.5 Å². The highest BCUT2D eigenvalue weighted by Crippen LogP contribution is 2.17. The van der Waals surface area contributed by atoms with Crippen LogP contribution >= 0.6 is 0 Å². The van der Waals surface area contributed by atoms with Crippen LogP contribution in [0.15, 0.2) is 16.7 Å². The Morgan fingerprint density at radius 2 is 1.90 bits per heavy atom. The van der Waals surface area contributed by atoms with Crippen molar-refractivity contribution < 1.29 is 19.1 Å². The van der Waals surface area contributed by atoms with Gasteiger partial charge < -0.3 is 14.4 Å². The first-order valence-electron chi connectivity index (χ1n) is 7.03. The standard InChI is InChI=1S/C15H23NO4/c1-5-12(6-2)16(8-10(3)4)14(17)13-7-11(9-20-13)15(18)19/h7,9-10,12H,5-6,8H2,1-4H3,(H,18,19). The van der Waals surface area contributed by atoms with Gasteiger partial charge in [0.1, 0.15) is 6.26 Å². The Kier molecular flexibility index (Phi) is 5.80. The lowest BCUT2D eigenvalue weighted by molar-refractivity contribution is 0.0607. The Morgan fingerprint density at radius 1 is 1.30 bits per heavy atom. The summed E-state index contributed by atoms with van der Waals surface area (Å²) in [5, 5.41) is 8.88. The van der Waals surface area contributed by atoms with Crippen LogP contribution in [0.5, 0.6) is 0 Å². The minimum Gasteiger partial charge on any atom is -0.478 e. The van der Waals surface area contributed by atoms with Gasteiger partial charge in [-0.25, -0.2) is 4.79 Å². The van der Waals surface area contributed by atoms with Gasteiger partial charge >= 0.3 is 5.97 Å². The molecule has 1 heterocycles. The van der Waals surface area contributed by atoms with E-state index in [0.717, 1.165) is 19.1 Å². The zero-order chi connectivity index (χ0) is 15.3. The smallest absolute Gasteiger partial charge is 0.338 e. The van der Waals surface area contributed by atoms with Gasteiger partial charge in [-0.3, -0.25) is 4.79 Å². The highest BCUT2D eigenvalue weighted by molar-refractivity contribution is 5.95. The topological polar surface area (TPSA) is 70.8 Å². The lowest BCUT2D eigenvalue weighted by atomic mass is 10.1. The van der Waals surface area contributed by atoms with Gasteiger partial charge in [0.15, 0.2) is 5.76 Å². The van der Waals surface area contributed by atoms with Crippen molar-refractivity contribution in [3.63, 3.8) is 0 Å². The van der Waals surface area contributed by atoms with Crippen molar-refractivity contribution in [3.05, 3.63) is 23.7 Å². The predicted molar refractivity (Wildman–Crippen MR) is 75.9 cm³/mol. The molecule has 1 aromatic heterocycles. The lowest BCUT2D eigenvalue weighted by Gasteiger charge is -2.31. The normalized spacial score (nSPS) is 11.1. The molecule has 5 nitrogen and oxygen atoms in total. The number of nitrogens with zero attached hydrogens (tertiary/aromatic N) is 1. The van der Waals surface area contributed by atoms with Crippen LogP contribution in [0.25, 0.3) is 0 Å². The summed E-state index contributed by atoms with van der Waals surface area (Å²) in [5.41, 5.74) is 0.00222. The Morgan fingerprint density at radius 3 is 2.30 bits per heavy atom. The molecule has 0 saturated heterocycles. The summed E-state index contributed by atoms with van der Waals surface area (Å²) in [6.07, 6.45) is 2.83. The quantitative estimate of drug-likeness (QED) is 0.832. The van der Waals surface area contributed by atoms with Crippen molar-refractivity contribution in [1.29, 1.82) is 0 Å². The Balaban J connectivity index is 2.99. The molecule has 1 amide bonds. The third-order valence-corrected chi connectivity index (χ3v) is 3.26. The summed E-state index contributed by atoms with van der Waals surface area (Å²) in [6, 6.07) is 1.43. The van der Waals surface area contributed by atoms with Gasteiger partial charge in [-0.2, -0.15) is 0 Å². The number of hydrogen-bond acceptors (Lipinski definition) is 3. The monoisotopic (exact) mass is 281 g/mol. The molecule has 20 heavy (non-hydrogen) atoms. The fourth-order valence-corrected chi connectivity index (χ4v) is 2.22. The van der Waals surface area contributed by atoms with Crippen molar-refractivity contribution in [2.75, 3.05) is 6.54 Å². The number of rotatable bonds is 7. The minimum absolute atomic E-state index is 0.00222. The summed E-state index contributed by atoms with van der Waals surface area (Å²) < 4.78 is 5.12. The SMILES string of the molecule is CCC(CC)N(CC(C)C)C(=O)c1cc(C(=O)O)co1. The predicted octanol–water partition coefficient (Wildman–Crippen LogP) is 3.26. The van der Waals surface area contributed by atoms with Crippen molar-refractivity contribution in [2.24, 2.45) is 5.92 Å². The van der Waals surface area contributed by atoms with Crippen LogP contribution in [0.3, 0.4) is 0 Å². The van der Waals surface area contributed by atoms with Crippen molar-refractivity contribution in [2.45, 2.75) is 46.6 Å². The highest BCUT2D eigenvalue weighted by Gasteiger charge is 2.26. The van der Waals surface area contributed by atoms with E-state index in [-0.39, 0.29) is 23.3 Å². The van der Waals surface area contributed by atoms with Crippen LogP contribution in [0.2, 0.25) is 0 Å². The summed E-state index contributed by atoms with van der Waals surface area (Å²) in [5.74, 6) is -0.894. The first-order chi connectivity index (χ1) is 9.40. The maximum atomic E-state index is 12.5. The molecule has 0 bridgehead atoms. The molecule has 0 aliphatic rings. The van der Waals surface area contributed by atoms with E-state index in [1.54, 1.807) is 4.90 Å². The molecule has 0 spiro atoms. The molecule has 1 rings (SSSR count). The van der Waals surface area contributed by atoms with Crippen molar-refractivity contribution in [1.82, 2.24) is 4.90 Å². The molecule has 0 unspecified atom stereocenters. The Labute approximate surface area is 119 Å². The van der Waals surface area contributed by atoms with Crippen LogP contribution in [0.1, 0.15) is 61.4 Å². The zero-order valence-corrected chi connectivity index (χ0v) is 12.5. The summed E-state index contributed by atoms with van der Waals surface area (Å²) in [4.78, 5) is 25.1. The van der Waals surface area contributed by atoms with Gasteiger partial charge in [0, 0.05) is 18.7 Å². The van der Waals surface area contributed by atoms with Gasteiger partial charge in [-0.15, -0.1) is 0 Å². The second-order valence-corrected chi connectivity index (χ2v) is 5.33. The van der Waals surface area contributed by atoms with Crippen molar-refractivity contribution >= 4 is 11.9 Å². The maximum absolute atomic E-state index is 12.5. The van der Waals surface area contributed by atoms with E-state index < -0.39 is 5.97 Å². The highest BCUT2D eigenvalue weighted by atomic mass is 16.4. The van der Waals surface area contributed by atoms with E-state index >= 15 is 0 Å². The molecular formula is C15H23NO4. The first-order valence-corrected chi connectivity index (χ1v) is 7.03. The fraction of sp³-hybridized carbons (Fsp3) is 0.600. The molecule has 0 aromatic carbocycles. The summed E-state index contributed by atoms with van der Waals surface area (Å²) >= 11 is 0. The fourth-order valence-electron chi connectivity index (χ4n) is 2.22. The number of hydrogen-bond donors (Lipinski definition) is 1. The largest absolute Gasteiger partial charge is 0.478 e. The third kappa shape index (κ3) is 3.85. The van der Waals surface area contributed by atoms with E-state index in [2.05, 4.69) is 0 Å². The average Bonchev–Trinajstić information content (AvgIpc) is 2.87. The minimum atomic E-state index is -1.09. The molecule has 5 heteroatoms. The number of carboxylic acids is 1. The van der Waals surface area contributed by atoms with Gasteiger partial charge in [0.05, 0.1) is 5.56 Å². The number of aromatic carboxylic acids is 1. The Hall–Kier alpha value is -1.78. The zero-order valence-electron chi connectivity index (χ0n) is 12.5. The lowest BCUT2D eigenvalue weighted by Crippen LogP contribution is -2.41. The van der Waals surface area contributed by atoms with E-state index in [9.17, 15) is 9.59 Å². The molecule has 1 N–H and O–H groups in total. The number of amides is 1. The molecule has 0 saturated carbocycles. The summed E-state index contributed by atoms with van der Waals surface area (Å²) in [7, 11) is 0. The summed E-state index contributed by atoms with van der Waals surface area (Å²) in [6.45, 7) is 8.81. The number of carbonyl (C=O) groups excluding carboxylic acids is 1.